The molecule has 0 fully saturated rings. The van der Waals surface area contributed by atoms with Gasteiger partial charge in [-0.25, -0.2) is 4.68 Å². The van der Waals surface area contributed by atoms with Crippen molar-refractivity contribution in [3.05, 3.63) is 17.8 Å². The molecule has 2 heterocycles. The van der Waals surface area contributed by atoms with Crippen molar-refractivity contribution in [1.29, 1.82) is 0 Å². The fourth-order valence-electron chi connectivity index (χ4n) is 1.50. The Morgan fingerprint density at radius 2 is 2.14 bits per heavy atom. The van der Waals surface area contributed by atoms with E-state index in [-0.39, 0.29) is 24.4 Å². The second-order valence-corrected chi connectivity index (χ2v) is 5.67. The van der Waals surface area contributed by atoms with E-state index in [0.29, 0.717) is 11.6 Å². The summed E-state index contributed by atoms with van der Waals surface area (Å²) in [6.07, 6.45) is 1.63. The van der Waals surface area contributed by atoms with E-state index in [4.69, 9.17) is 10.2 Å². The third-order valence-corrected chi connectivity index (χ3v) is 2.69. The van der Waals surface area contributed by atoms with Crippen LogP contribution in [0.2, 0.25) is 0 Å². The summed E-state index contributed by atoms with van der Waals surface area (Å²) in [5.74, 6) is 0.242. The number of amides is 1. The van der Waals surface area contributed by atoms with Crippen molar-refractivity contribution < 1.29 is 9.21 Å². The highest BCUT2D eigenvalue weighted by Gasteiger charge is 2.19. The van der Waals surface area contributed by atoms with Crippen LogP contribution < -0.4 is 11.1 Å². The highest BCUT2D eigenvalue weighted by Crippen LogP contribution is 2.15. The monoisotopic (exact) mass is 293 g/mol. The zero-order chi connectivity index (χ0) is 15.6. The average Bonchev–Trinajstić information content (AvgIpc) is 2.97. The van der Waals surface area contributed by atoms with Crippen molar-refractivity contribution in [2.45, 2.75) is 45.7 Å². The van der Waals surface area contributed by atoms with Crippen molar-refractivity contribution >= 4 is 11.9 Å². The van der Waals surface area contributed by atoms with Crippen LogP contribution in [0.3, 0.4) is 0 Å². The van der Waals surface area contributed by atoms with Crippen molar-refractivity contribution in [3.63, 3.8) is 0 Å². The number of nitrogens with two attached hydrogens (primary N) is 1. The molecule has 2 aromatic rings. The molecule has 0 radical (unpaired) electrons. The summed E-state index contributed by atoms with van der Waals surface area (Å²) in [6, 6.07) is 0.0724. The van der Waals surface area contributed by atoms with Gasteiger partial charge >= 0.3 is 6.01 Å². The number of hydrogen-bond donors (Lipinski definition) is 2. The van der Waals surface area contributed by atoms with Gasteiger partial charge in [-0.05, 0) is 13.8 Å². The van der Waals surface area contributed by atoms with Crippen molar-refractivity contribution in [1.82, 2.24) is 25.2 Å². The molecule has 0 aliphatic carbocycles. The predicted octanol–water partition coefficient (Wildman–Crippen LogP) is 0.617. The lowest BCUT2D eigenvalue weighted by atomic mass is 10.0. The number of carbonyl (C=O) groups is 1. The summed E-state index contributed by atoms with van der Waals surface area (Å²) < 4.78 is 6.70. The van der Waals surface area contributed by atoms with Gasteiger partial charge in [-0.2, -0.15) is 0 Å². The molecular weight excluding hydrogens is 274 g/mol. The molecule has 0 aliphatic heterocycles. The fraction of sp³-hybridized carbons (Fsp3) is 0.583. The van der Waals surface area contributed by atoms with Crippen LogP contribution in [0, 0.1) is 0 Å². The molecule has 9 nitrogen and oxygen atoms in total. The molecule has 0 saturated heterocycles. The first-order chi connectivity index (χ1) is 9.75. The maximum atomic E-state index is 11.9. The molecule has 0 aromatic carbocycles. The van der Waals surface area contributed by atoms with Crippen LogP contribution >= 0.6 is 0 Å². The van der Waals surface area contributed by atoms with Crippen LogP contribution in [-0.2, 0) is 16.9 Å². The van der Waals surface area contributed by atoms with Crippen molar-refractivity contribution in [2.24, 2.45) is 5.73 Å². The minimum absolute atomic E-state index is 0.0114. The van der Waals surface area contributed by atoms with Gasteiger partial charge < -0.3 is 10.2 Å². The molecule has 9 heteroatoms. The lowest BCUT2D eigenvalue weighted by Gasteiger charge is -2.13. The van der Waals surface area contributed by atoms with Crippen LogP contribution in [0.1, 0.15) is 45.2 Å². The Morgan fingerprint density at radius 1 is 1.43 bits per heavy atom. The lowest BCUT2D eigenvalue weighted by Crippen LogP contribution is -2.29. The summed E-state index contributed by atoms with van der Waals surface area (Å²) in [6.45, 7) is 7.46. The maximum Gasteiger partial charge on any atom is 0.322 e. The van der Waals surface area contributed by atoms with E-state index in [0.717, 1.165) is 0 Å². The lowest BCUT2D eigenvalue weighted by molar-refractivity contribution is -0.117. The first-order valence-electron chi connectivity index (χ1n) is 6.58. The van der Waals surface area contributed by atoms with Gasteiger partial charge in [0, 0.05) is 5.92 Å². The maximum absolute atomic E-state index is 11.9. The van der Waals surface area contributed by atoms with Gasteiger partial charge in [0.2, 0.25) is 11.8 Å². The van der Waals surface area contributed by atoms with Gasteiger partial charge in [-0.1, -0.05) is 24.2 Å². The number of anilines is 1. The summed E-state index contributed by atoms with van der Waals surface area (Å²) in [7, 11) is 0. The minimum Gasteiger partial charge on any atom is -0.408 e. The Hall–Kier alpha value is -2.29. The van der Waals surface area contributed by atoms with Gasteiger partial charge in [0.05, 0.1) is 11.7 Å². The quantitative estimate of drug-likeness (QED) is 0.827. The van der Waals surface area contributed by atoms with E-state index >= 15 is 0 Å². The Bertz CT molecular complexity index is 624. The third kappa shape index (κ3) is 3.85. The predicted molar refractivity (Wildman–Crippen MR) is 74.3 cm³/mol. The molecule has 0 spiro atoms. The first-order valence-corrected chi connectivity index (χ1v) is 6.58. The number of nitrogens with zero attached hydrogens (tertiary/aromatic N) is 5. The number of carbonyl (C=O) groups excluding carboxylic acids is 1. The number of rotatable bonds is 5. The molecular formula is C12H19N7O2. The van der Waals surface area contributed by atoms with Crippen LogP contribution in [-0.4, -0.2) is 31.1 Å². The average molecular weight is 293 g/mol. The van der Waals surface area contributed by atoms with Crippen molar-refractivity contribution in [2.75, 3.05) is 5.32 Å². The number of hydrogen-bond acceptors (Lipinski definition) is 7. The van der Waals surface area contributed by atoms with E-state index in [1.807, 2.05) is 27.7 Å². The highest BCUT2D eigenvalue weighted by molar-refractivity contribution is 5.88. The number of nitrogens with one attached hydrogen (secondary N) is 1. The Kier molecular flexibility index (Phi) is 4.03. The first kappa shape index (κ1) is 15.1. The molecule has 2 aromatic heterocycles. The van der Waals surface area contributed by atoms with E-state index in [9.17, 15) is 4.79 Å². The third-order valence-electron chi connectivity index (χ3n) is 2.69. The molecule has 0 atom stereocenters. The molecule has 1 amide bonds. The molecule has 2 rings (SSSR count). The Balaban J connectivity index is 1.96. The Labute approximate surface area is 121 Å². The highest BCUT2D eigenvalue weighted by atomic mass is 16.4. The summed E-state index contributed by atoms with van der Waals surface area (Å²) in [4.78, 5) is 11.9. The summed E-state index contributed by atoms with van der Waals surface area (Å²) in [5.41, 5.74) is 5.91. The standard InChI is InChI=1S/C12H19N7O2/c1-7(2)10-16-17-11(21-10)14-9(20)6-19-5-8(15-18-19)12(3,4)13/h5,7H,6,13H2,1-4H3,(H,14,17,20). The van der Waals surface area contributed by atoms with E-state index in [2.05, 4.69) is 25.8 Å². The molecule has 21 heavy (non-hydrogen) atoms. The van der Waals surface area contributed by atoms with Crippen LogP contribution in [0.5, 0.6) is 0 Å². The van der Waals surface area contributed by atoms with Crippen LogP contribution in [0.25, 0.3) is 0 Å². The summed E-state index contributed by atoms with van der Waals surface area (Å²) in [5, 5.41) is 17.9. The molecule has 0 bridgehead atoms. The zero-order valence-corrected chi connectivity index (χ0v) is 12.5. The van der Waals surface area contributed by atoms with E-state index in [1.54, 1.807) is 6.20 Å². The normalized spacial score (nSPS) is 11.9. The number of aromatic nitrogens is 5. The topological polar surface area (TPSA) is 125 Å². The fourth-order valence-corrected chi connectivity index (χ4v) is 1.50. The summed E-state index contributed by atoms with van der Waals surface area (Å²) >= 11 is 0. The van der Waals surface area contributed by atoms with Crippen molar-refractivity contribution in [3.8, 4) is 0 Å². The zero-order valence-electron chi connectivity index (χ0n) is 12.5. The molecule has 0 saturated carbocycles. The second-order valence-electron chi connectivity index (χ2n) is 5.67. The molecule has 0 unspecified atom stereocenters. The van der Waals surface area contributed by atoms with E-state index in [1.165, 1.54) is 4.68 Å². The van der Waals surface area contributed by atoms with Gasteiger partial charge in [0.15, 0.2) is 0 Å². The molecule has 0 aliphatic rings. The molecule has 3 N–H and O–H groups in total. The van der Waals surface area contributed by atoms with Gasteiger partial charge in [-0.15, -0.1) is 10.2 Å². The smallest absolute Gasteiger partial charge is 0.322 e. The Morgan fingerprint density at radius 3 is 2.67 bits per heavy atom. The van der Waals surface area contributed by atoms with Gasteiger partial charge in [-0.3, -0.25) is 10.1 Å². The van der Waals surface area contributed by atoms with Gasteiger partial charge in [0.25, 0.3) is 0 Å². The van der Waals surface area contributed by atoms with Crippen LogP contribution in [0.4, 0.5) is 6.01 Å². The van der Waals surface area contributed by atoms with Crippen LogP contribution in [0.15, 0.2) is 10.6 Å². The second kappa shape index (κ2) is 5.60. The largest absolute Gasteiger partial charge is 0.408 e. The minimum atomic E-state index is -0.604. The SMILES string of the molecule is CC(C)c1nnc(NC(=O)Cn2cc(C(C)(C)N)nn2)o1. The van der Waals surface area contributed by atoms with E-state index < -0.39 is 5.54 Å². The molecule has 114 valence electrons. The van der Waals surface area contributed by atoms with Gasteiger partial charge in [0.1, 0.15) is 12.2 Å².